The number of rotatable bonds is 5. The van der Waals surface area contributed by atoms with E-state index in [1.165, 1.54) is 0 Å². The molecule has 0 saturated heterocycles. The van der Waals surface area contributed by atoms with Crippen LogP contribution in [0.15, 0.2) is 24.3 Å². The van der Waals surface area contributed by atoms with Gasteiger partial charge in [0.25, 0.3) is 0 Å². The van der Waals surface area contributed by atoms with Crippen molar-refractivity contribution < 1.29 is 14.7 Å². The van der Waals surface area contributed by atoms with Crippen molar-refractivity contribution in [2.45, 2.75) is 33.2 Å². The number of aryl methyl sites for hydroxylation is 1. The number of aliphatic hydroxyl groups is 1. The third-order valence-electron chi connectivity index (χ3n) is 3.08. The summed E-state index contributed by atoms with van der Waals surface area (Å²) >= 11 is 0. The first-order valence-electron chi connectivity index (χ1n) is 6.73. The second-order valence-corrected chi connectivity index (χ2v) is 5.16. The number of hydrogen-bond donors (Lipinski definition) is 3. The molecule has 2 amide bonds. The number of benzene rings is 1. The summed E-state index contributed by atoms with van der Waals surface area (Å²) < 4.78 is 0. The Morgan fingerprint density at radius 1 is 1.15 bits per heavy atom. The number of aliphatic hydroxyl groups excluding tert-OH is 1. The lowest BCUT2D eigenvalue weighted by atomic mass is 10.0. The molecule has 0 aromatic heterocycles. The van der Waals surface area contributed by atoms with E-state index in [0.29, 0.717) is 12.1 Å². The van der Waals surface area contributed by atoms with Gasteiger partial charge in [0, 0.05) is 18.3 Å². The maximum atomic E-state index is 11.8. The maximum absolute atomic E-state index is 11.8. The van der Waals surface area contributed by atoms with Crippen molar-refractivity contribution in [3.05, 3.63) is 29.8 Å². The summed E-state index contributed by atoms with van der Waals surface area (Å²) in [5.41, 5.74) is 1.66. The predicted octanol–water partition coefficient (Wildman–Crippen LogP) is 1.46. The molecule has 5 nitrogen and oxygen atoms in total. The van der Waals surface area contributed by atoms with Gasteiger partial charge in [-0.2, -0.15) is 0 Å². The summed E-state index contributed by atoms with van der Waals surface area (Å²) in [4.78, 5) is 23.6. The minimum absolute atomic E-state index is 0.0251. The molecule has 0 heterocycles. The monoisotopic (exact) mass is 278 g/mol. The number of carbonyl (C=O) groups is 2. The molecular weight excluding hydrogens is 256 g/mol. The molecule has 1 aromatic carbocycles. The van der Waals surface area contributed by atoms with Crippen LogP contribution in [0.1, 0.15) is 25.8 Å². The molecule has 0 radical (unpaired) electrons. The molecule has 1 atom stereocenters. The molecule has 3 N–H and O–H groups in total. The summed E-state index contributed by atoms with van der Waals surface area (Å²) in [6.07, 6.45) is 0.432. The van der Waals surface area contributed by atoms with Crippen LogP contribution in [0.4, 0.5) is 5.69 Å². The van der Waals surface area contributed by atoms with Gasteiger partial charge in [0.15, 0.2) is 0 Å². The quantitative estimate of drug-likeness (QED) is 0.713. The second-order valence-electron chi connectivity index (χ2n) is 5.16. The van der Waals surface area contributed by atoms with Crippen LogP contribution >= 0.6 is 0 Å². The van der Waals surface area contributed by atoms with Crippen LogP contribution in [0.3, 0.4) is 0 Å². The minimum atomic E-state index is -0.697. The van der Waals surface area contributed by atoms with Crippen LogP contribution in [0.5, 0.6) is 0 Å². The third kappa shape index (κ3) is 5.01. The van der Waals surface area contributed by atoms with Crippen molar-refractivity contribution >= 4 is 17.5 Å². The van der Waals surface area contributed by atoms with Gasteiger partial charge in [-0.15, -0.1) is 0 Å². The lowest BCUT2D eigenvalue weighted by Gasteiger charge is -2.21. The van der Waals surface area contributed by atoms with Gasteiger partial charge in [0.05, 0.1) is 0 Å². The fraction of sp³-hybridized carbons (Fsp3) is 0.467. The summed E-state index contributed by atoms with van der Waals surface area (Å²) in [5.74, 6) is -1.23. The normalized spacial score (nSPS) is 12.1. The van der Waals surface area contributed by atoms with Crippen molar-refractivity contribution in [2.75, 3.05) is 11.9 Å². The van der Waals surface area contributed by atoms with Gasteiger partial charge in [-0.3, -0.25) is 9.59 Å². The molecule has 5 heteroatoms. The Bertz CT molecular complexity index is 455. The molecular formula is C15H22N2O3. The molecule has 0 bridgehead atoms. The Hall–Kier alpha value is -1.88. The first kappa shape index (κ1) is 16.2. The van der Waals surface area contributed by atoms with Crippen LogP contribution in [-0.2, 0) is 9.59 Å². The molecule has 0 fully saturated rings. The van der Waals surface area contributed by atoms with E-state index in [2.05, 4.69) is 10.6 Å². The average molecular weight is 278 g/mol. The number of hydrogen-bond acceptors (Lipinski definition) is 3. The summed E-state index contributed by atoms with van der Waals surface area (Å²) in [7, 11) is 0. The predicted molar refractivity (Wildman–Crippen MR) is 78.3 cm³/mol. The zero-order valence-corrected chi connectivity index (χ0v) is 12.1. The number of nitrogens with one attached hydrogen (secondary N) is 2. The van der Waals surface area contributed by atoms with Crippen LogP contribution in [0.25, 0.3) is 0 Å². The highest BCUT2D eigenvalue weighted by atomic mass is 16.3. The lowest BCUT2D eigenvalue weighted by Crippen LogP contribution is -2.44. The molecule has 1 unspecified atom stereocenters. The Kier molecular flexibility index (Phi) is 6.18. The van der Waals surface area contributed by atoms with Gasteiger partial charge < -0.3 is 15.7 Å². The van der Waals surface area contributed by atoms with Crippen molar-refractivity contribution in [2.24, 2.45) is 5.92 Å². The van der Waals surface area contributed by atoms with E-state index in [9.17, 15) is 9.59 Å². The highest BCUT2D eigenvalue weighted by Crippen LogP contribution is 2.09. The molecule has 1 rings (SSSR count). The molecule has 0 aliphatic carbocycles. The number of amides is 2. The van der Waals surface area contributed by atoms with Gasteiger partial charge >= 0.3 is 11.8 Å². The van der Waals surface area contributed by atoms with E-state index in [-0.39, 0.29) is 18.6 Å². The fourth-order valence-electron chi connectivity index (χ4n) is 1.77. The summed E-state index contributed by atoms with van der Waals surface area (Å²) in [6.45, 7) is 5.78. The zero-order valence-electron chi connectivity index (χ0n) is 12.1. The van der Waals surface area contributed by atoms with Gasteiger partial charge in [-0.05, 0) is 31.4 Å². The first-order valence-corrected chi connectivity index (χ1v) is 6.73. The van der Waals surface area contributed by atoms with Gasteiger partial charge in [0.2, 0.25) is 0 Å². The molecule has 110 valence electrons. The minimum Gasteiger partial charge on any atom is -0.396 e. The second kappa shape index (κ2) is 7.65. The molecule has 0 aliphatic rings. The smallest absolute Gasteiger partial charge is 0.313 e. The Balaban J connectivity index is 2.58. The summed E-state index contributed by atoms with van der Waals surface area (Å²) in [5, 5.41) is 14.1. The van der Waals surface area contributed by atoms with Gasteiger partial charge in [-0.25, -0.2) is 0 Å². The van der Waals surface area contributed by atoms with Crippen LogP contribution < -0.4 is 10.6 Å². The largest absolute Gasteiger partial charge is 0.396 e. The van der Waals surface area contributed by atoms with Crippen LogP contribution in [-0.4, -0.2) is 29.6 Å². The highest BCUT2D eigenvalue weighted by Gasteiger charge is 2.20. The standard InChI is InChI=1S/C15H22N2O3/c1-10(2)13(8-9-18)17-15(20)14(19)16-12-6-4-11(3)5-7-12/h4-7,10,13,18H,8-9H2,1-3H3,(H,16,19)(H,17,20). The number of carbonyl (C=O) groups excluding carboxylic acids is 2. The van der Waals surface area contributed by atoms with E-state index in [1.54, 1.807) is 12.1 Å². The first-order chi connectivity index (χ1) is 9.43. The van der Waals surface area contributed by atoms with E-state index >= 15 is 0 Å². The van der Waals surface area contributed by atoms with E-state index in [0.717, 1.165) is 5.56 Å². The van der Waals surface area contributed by atoms with E-state index in [1.807, 2.05) is 32.9 Å². The van der Waals surface area contributed by atoms with E-state index in [4.69, 9.17) is 5.11 Å². The molecule has 1 aromatic rings. The molecule has 0 saturated carbocycles. The maximum Gasteiger partial charge on any atom is 0.313 e. The Labute approximate surface area is 119 Å². The van der Waals surface area contributed by atoms with E-state index < -0.39 is 11.8 Å². The average Bonchev–Trinajstić information content (AvgIpc) is 2.40. The zero-order chi connectivity index (χ0) is 15.1. The molecule has 0 aliphatic heterocycles. The van der Waals surface area contributed by atoms with Gasteiger partial charge in [-0.1, -0.05) is 31.5 Å². The van der Waals surface area contributed by atoms with Crippen LogP contribution in [0, 0.1) is 12.8 Å². The van der Waals surface area contributed by atoms with Crippen molar-refractivity contribution in [3.8, 4) is 0 Å². The van der Waals surface area contributed by atoms with Crippen molar-refractivity contribution in [3.63, 3.8) is 0 Å². The third-order valence-corrected chi connectivity index (χ3v) is 3.08. The number of anilines is 1. The Morgan fingerprint density at radius 3 is 2.25 bits per heavy atom. The molecule has 0 spiro atoms. The highest BCUT2D eigenvalue weighted by molar-refractivity contribution is 6.39. The topological polar surface area (TPSA) is 78.4 Å². The van der Waals surface area contributed by atoms with Gasteiger partial charge in [0.1, 0.15) is 0 Å². The Morgan fingerprint density at radius 2 is 1.75 bits per heavy atom. The van der Waals surface area contributed by atoms with Crippen molar-refractivity contribution in [1.29, 1.82) is 0 Å². The fourth-order valence-corrected chi connectivity index (χ4v) is 1.77. The SMILES string of the molecule is Cc1ccc(NC(=O)C(=O)NC(CCO)C(C)C)cc1. The lowest BCUT2D eigenvalue weighted by molar-refractivity contribution is -0.136. The molecule has 20 heavy (non-hydrogen) atoms. The van der Waals surface area contributed by atoms with Crippen molar-refractivity contribution in [1.82, 2.24) is 5.32 Å². The van der Waals surface area contributed by atoms with Crippen LogP contribution in [0.2, 0.25) is 0 Å². The summed E-state index contributed by atoms with van der Waals surface area (Å²) in [6, 6.07) is 6.99.